The molecule has 2 N–H and O–H groups in total. The number of ether oxygens (including phenoxy) is 1. The van der Waals surface area contributed by atoms with Gasteiger partial charge in [-0.05, 0) is 72.8 Å². The standard InChI is InChI=1S/C14H11NOS.2C13H9NOS.2Zn/c1-16-12-8-4-2-6-10(12)14-15-11-7-3-5-9-13(11)17-14;2*15-11-7-3-1-5-9(11)13-14-10-6-2-4-8-12(10)16-13;;/h2-9H,1H3;2*1-8,15H;;. The second kappa shape index (κ2) is 17.7. The van der Waals surface area contributed by atoms with Gasteiger partial charge in [-0.25, -0.2) is 15.0 Å². The number of methoxy groups -OCH3 is 1. The van der Waals surface area contributed by atoms with Crippen LogP contribution in [0.15, 0.2) is 146 Å². The maximum absolute atomic E-state index is 9.76. The van der Waals surface area contributed by atoms with Crippen LogP contribution in [0.25, 0.3) is 62.4 Å². The molecule has 0 bridgehead atoms. The van der Waals surface area contributed by atoms with Crippen LogP contribution in [0.4, 0.5) is 0 Å². The zero-order valence-corrected chi connectivity index (χ0v) is 36.0. The zero-order chi connectivity index (χ0) is 33.6. The van der Waals surface area contributed by atoms with E-state index in [0.717, 1.165) is 63.4 Å². The van der Waals surface area contributed by atoms with E-state index in [1.165, 1.54) is 4.70 Å². The summed E-state index contributed by atoms with van der Waals surface area (Å²) in [5.41, 5.74) is 5.64. The molecule has 0 saturated heterocycles. The molecule has 9 rings (SSSR count). The number of benzene rings is 6. The molecule has 0 saturated carbocycles. The van der Waals surface area contributed by atoms with E-state index in [-0.39, 0.29) is 50.5 Å². The van der Waals surface area contributed by atoms with Crippen LogP contribution in [-0.2, 0) is 39.0 Å². The predicted molar refractivity (Wildman–Crippen MR) is 205 cm³/mol. The first-order valence-electron chi connectivity index (χ1n) is 15.3. The monoisotopic (exact) mass is 823 g/mol. The molecule has 0 aliphatic rings. The molecule has 11 heteroatoms. The number of aromatic nitrogens is 3. The minimum absolute atomic E-state index is 0. The van der Waals surface area contributed by atoms with E-state index < -0.39 is 0 Å². The third-order valence-electron chi connectivity index (χ3n) is 7.49. The van der Waals surface area contributed by atoms with Gasteiger partial charge >= 0.3 is 0 Å². The number of hydrogen-bond acceptors (Lipinski definition) is 9. The second-order valence-electron chi connectivity index (χ2n) is 10.7. The fourth-order valence-corrected chi connectivity index (χ4v) is 8.09. The summed E-state index contributed by atoms with van der Waals surface area (Å²) in [6.45, 7) is 0. The molecule has 0 amide bonds. The van der Waals surface area contributed by atoms with Crippen molar-refractivity contribution in [2.24, 2.45) is 0 Å². The first-order valence-corrected chi connectivity index (χ1v) is 17.8. The summed E-state index contributed by atoms with van der Waals surface area (Å²) >= 11 is 4.88. The molecular formula is C40H29N3O3S3Zn2. The van der Waals surface area contributed by atoms with E-state index >= 15 is 0 Å². The first kappa shape index (κ1) is 37.9. The molecule has 0 spiro atoms. The smallest absolute Gasteiger partial charge is 0.129 e. The van der Waals surface area contributed by atoms with Crippen LogP contribution in [0.1, 0.15) is 0 Å². The van der Waals surface area contributed by atoms with Crippen molar-refractivity contribution in [1.29, 1.82) is 0 Å². The van der Waals surface area contributed by atoms with E-state index in [9.17, 15) is 10.2 Å². The molecule has 0 unspecified atom stereocenters. The van der Waals surface area contributed by atoms with Crippen LogP contribution in [0, 0.1) is 0 Å². The Balaban J connectivity index is 0.000000146. The Bertz CT molecular complexity index is 2300. The summed E-state index contributed by atoms with van der Waals surface area (Å²) in [7, 11) is 1.69. The fraction of sp³-hybridized carbons (Fsp3) is 0.0250. The summed E-state index contributed by atoms with van der Waals surface area (Å²) < 4.78 is 8.84. The maximum Gasteiger partial charge on any atom is 0.129 e. The van der Waals surface area contributed by atoms with Gasteiger partial charge < -0.3 is 14.9 Å². The molecule has 6 nitrogen and oxygen atoms in total. The molecule has 6 aromatic carbocycles. The molecule has 0 aliphatic heterocycles. The number of fused-ring (bicyclic) bond motifs is 3. The van der Waals surface area contributed by atoms with E-state index in [1.54, 1.807) is 53.3 Å². The predicted octanol–water partition coefficient (Wildman–Crippen LogP) is 11.3. The molecule has 0 aliphatic carbocycles. The summed E-state index contributed by atoms with van der Waals surface area (Å²) in [6, 6.07) is 46.7. The van der Waals surface area contributed by atoms with Gasteiger partial charge in [-0.3, -0.25) is 0 Å². The van der Waals surface area contributed by atoms with E-state index in [1.807, 2.05) is 127 Å². The quantitative estimate of drug-likeness (QED) is 0.172. The molecule has 9 aromatic rings. The molecule has 0 radical (unpaired) electrons. The zero-order valence-electron chi connectivity index (χ0n) is 27.6. The molecule has 0 atom stereocenters. The van der Waals surface area contributed by atoms with Crippen molar-refractivity contribution in [3.63, 3.8) is 0 Å². The van der Waals surface area contributed by atoms with Crippen LogP contribution in [0.5, 0.6) is 17.2 Å². The van der Waals surface area contributed by atoms with Crippen molar-refractivity contribution in [2.75, 3.05) is 7.11 Å². The molecule has 3 aromatic heterocycles. The molecule has 0 fully saturated rings. The average Bonchev–Trinajstić information content (AvgIpc) is 3.89. The molecule has 244 valence electrons. The topological polar surface area (TPSA) is 88.4 Å². The number of nitrogens with zero attached hydrogens (tertiary/aromatic N) is 3. The number of aromatic hydroxyl groups is 2. The van der Waals surface area contributed by atoms with Crippen molar-refractivity contribution in [3.8, 4) is 49.0 Å². The van der Waals surface area contributed by atoms with E-state index in [0.29, 0.717) is 0 Å². The molecular weight excluding hydrogens is 797 g/mol. The third-order valence-corrected chi connectivity index (χ3v) is 10.7. The third kappa shape index (κ3) is 8.75. The van der Waals surface area contributed by atoms with E-state index in [4.69, 9.17) is 4.74 Å². The Hall–Kier alpha value is -4.36. The van der Waals surface area contributed by atoms with Crippen LogP contribution in [0.2, 0.25) is 0 Å². The number of rotatable bonds is 4. The van der Waals surface area contributed by atoms with Gasteiger partial charge in [-0.15, -0.1) is 34.0 Å². The Labute approximate surface area is 332 Å². The van der Waals surface area contributed by atoms with Crippen LogP contribution in [0.3, 0.4) is 0 Å². The van der Waals surface area contributed by atoms with Crippen molar-refractivity contribution in [3.05, 3.63) is 146 Å². The summed E-state index contributed by atoms with van der Waals surface area (Å²) in [6.07, 6.45) is 0. The number of thiazole rings is 3. The SMILES string of the molecule is COc1ccccc1-c1nc2ccccc2s1.Oc1ccccc1-c1nc2ccccc2s1.Oc1ccccc1-c1nc2ccccc2s1.[Zn].[Zn]. The van der Waals surface area contributed by atoms with Gasteiger partial charge in [0.25, 0.3) is 0 Å². The summed E-state index contributed by atoms with van der Waals surface area (Å²) in [5.74, 6) is 1.43. The number of phenolic OH excluding ortho intramolecular Hbond substituents is 2. The maximum atomic E-state index is 9.76. The van der Waals surface area contributed by atoms with Gasteiger partial charge in [0.2, 0.25) is 0 Å². The average molecular weight is 827 g/mol. The fourth-order valence-electron chi connectivity index (χ4n) is 5.09. The van der Waals surface area contributed by atoms with Crippen molar-refractivity contribution in [2.45, 2.75) is 0 Å². The minimum Gasteiger partial charge on any atom is -0.507 e. The Kier molecular flexibility index (Phi) is 13.2. The van der Waals surface area contributed by atoms with Gasteiger partial charge in [0.15, 0.2) is 0 Å². The molecule has 51 heavy (non-hydrogen) atoms. The van der Waals surface area contributed by atoms with Crippen molar-refractivity contribution < 1.29 is 53.9 Å². The normalized spacial score (nSPS) is 10.3. The number of para-hydroxylation sites is 6. The first-order chi connectivity index (χ1) is 24.1. The Morgan fingerprint density at radius 1 is 0.412 bits per heavy atom. The van der Waals surface area contributed by atoms with Crippen molar-refractivity contribution in [1.82, 2.24) is 15.0 Å². The van der Waals surface area contributed by atoms with Crippen molar-refractivity contribution >= 4 is 64.7 Å². The Morgan fingerprint density at radius 2 is 0.725 bits per heavy atom. The second-order valence-corrected chi connectivity index (χ2v) is 13.8. The van der Waals surface area contributed by atoms with Gasteiger partial charge in [0.1, 0.15) is 32.3 Å². The summed E-state index contributed by atoms with van der Waals surface area (Å²) in [4.78, 5) is 13.6. The van der Waals surface area contributed by atoms with Crippen LogP contribution in [-0.4, -0.2) is 32.3 Å². The molecule has 3 heterocycles. The number of phenols is 2. The summed E-state index contributed by atoms with van der Waals surface area (Å²) in [5, 5.41) is 22.2. The Morgan fingerprint density at radius 3 is 1.10 bits per heavy atom. The van der Waals surface area contributed by atoms with E-state index in [2.05, 4.69) is 21.0 Å². The van der Waals surface area contributed by atoms with Gasteiger partial charge in [-0.1, -0.05) is 72.8 Å². The number of hydrogen-bond donors (Lipinski definition) is 2. The van der Waals surface area contributed by atoms with Gasteiger partial charge in [0, 0.05) is 39.0 Å². The largest absolute Gasteiger partial charge is 0.507 e. The van der Waals surface area contributed by atoms with Gasteiger partial charge in [0.05, 0.1) is 54.5 Å². The van der Waals surface area contributed by atoms with Gasteiger partial charge in [-0.2, -0.15) is 0 Å². The van der Waals surface area contributed by atoms with Crippen LogP contribution >= 0.6 is 34.0 Å². The van der Waals surface area contributed by atoms with Crippen LogP contribution < -0.4 is 4.74 Å². The minimum atomic E-state index is 0.